The molecular formula is C11H19ClN4S. The minimum atomic E-state index is 0.596. The van der Waals surface area contributed by atoms with E-state index in [4.69, 9.17) is 11.6 Å². The summed E-state index contributed by atoms with van der Waals surface area (Å²) in [5, 5.41) is 3.68. The van der Waals surface area contributed by atoms with Crippen molar-refractivity contribution in [3.05, 3.63) is 11.2 Å². The van der Waals surface area contributed by atoms with Crippen molar-refractivity contribution in [2.75, 3.05) is 42.4 Å². The van der Waals surface area contributed by atoms with Gasteiger partial charge in [-0.25, -0.2) is 4.98 Å². The van der Waals surface area contributed by atoms with Gasteiger partial charge < -0.3 is 10.2 Å². The van der Waals surface area contributed by atoms with Gasteiger partial charge in [-0.1, -0.05) is 11.6 Å². The van der Waals surface area contributed by atoms with E-state index in [1.807, 2.05) is 25.7 Å². The van der Waals surface area contributed by atoms with Gasteiger partial charge in [0.1, 0.15) is 5.02 Å². The number of rotatable bonds is 7. The molecule has 0 aliphatic carbocycles. The predicted molar refractivity (Wildman–Crippen MR) is 77.5 cm³/mol. The molecule has 0 amide bonds. The lowest BCUT2D eigenvalue weighted by Gasteiger charge is -2.19. The number of nitrogens with one attached hydrogen (secondary N) is 1. The van der Waals surface area contributed by atoms with Gasteiger partial charge in [-0.2, -0.15) is 16.7 Å². The number of hydrogen-bond donors (Lipinski definition) is 1. The summed E-state index contributed by atoms with van der Waals surface area (Å²) in [4.78, 5) is 10.6. The zero-order valence-electron chi connectivity index (χ0n) is 10.5. The van der Waals surface area contributed by atoms with E-state index in [2.05, 4.69) is 26.4 Å². The van der Waals surface area contributed by atoms with Gasteiger partial charge in [-0.15, -0.1) is 0 Å². The summed E-state index contributed by atoms with van der Waals surface area (Å²) in [6.45, 7) is 3.76. The minimum absolute atomic E-state index is 0.596. The van der Waals surface area contributed by atoms with Crippen LogP contribution < -0.4 is 10.2 Å². The van der Waals surface area contributed by atoms with E-state index >= 15 is 0 Å². The Kier molecular flexibility index (Phi) is 6.44. The quantitative estimate of drug-likeness (QED) is 0.775. The molecule has 1 heterocycles. The average Bonchev–Trinajstić information content (AvgIpc) is 2.32. The fraction of sp³-hybridized carbons (Fsp3) is 0.636. The standard InChI is InChI=1S/C11H19ClN4S/c1-4-13-11-14-8-9(12)10(15-11)16(2)6-5-7-17-3/h8H,4-7H2,1-3H3,(H,13,14,15). The van der Waals surface area contributed by atoms with Gasteiger partial charge in [-0.05, 0) is 25.4 Å². The van der Waals surface area contributed by atoms with E-state index in [-0.39, 0.29) is 0 Å². The highest BCUT2D eigenvalue weighted by molar-refractivity contribution is 7.98. The Hall–Kier alpha value is -0.680. The van der Waals surface area contributed by atoms with Gasteiger partial charge in [0.05, 0.1) is 6.20 Å². The fourth-order valence-electron chi connectivity index (χ4n) is 1.42. The Bertz CT molecular complexity index is 348. The van der Waals surface area contributed by atoms with Gasteiger partial charge in [0, 0.05) is 20.1 Å². The highest BCUT2D eigenvalue weighted by Crippen LogP contribution is 2.22. The monoisotopic (exact) mass is 274 g/mol. The SMILES string of the molecule is CCNc1ncc(Cl)c(N(C)CCCSC)n1. The first kappa shape index (κ1) is 14.4. The van der Waals surface area contributed by atoms with Crippen LogP contribution in [0.25, 0.3) is 0 Å². The molecule has 0 aliphatic heterocycles. The summed E-state index contributed by atoms with van der Waals surface area (Å²) in [7, 11) is 2.00. The molecule has 1 aromatic heterocycles. The molecule has 0 fully saturated rings. The van der Waals surface area contributed by atoms with Gasteiger partial charge in [0.15, 0.2) is 5.82 Å². The summed E-state index contributed by atoms with van der Waals surface area (Å²) >= 11 is 7.95. The molecule has 0 radical (unpaired) electrons. The smallest absolute Gasteiger partial charge is 0.224 e. The van der Waals surface area contributed by atoms with Crippen LogP contribution in [0.1, 0.15) is 13.3 Å². The first-order chi connectivity index (χ1) is 8.19. The molecule has 96 valence electrons. The normalized spacial score (nSPS) is 10.4. The van der Waals surface area contributed by atoms with Crippen LogP contribution in [0.4, 0.5) is 11.8 Å². The molecule has 17 heavy (non-hydrogen) atoms. The largest absolute Gasteiger partial charge is 0.358 e. The van der Waals surface area contributed by atoms with Crippen LogP contribution in [-0.4, -0.2) is 42.1 Å². The van der Waals surface area contributed by atoms with Crippen molar-refractivity contribution in [1.82, 2.24) is 9.97 Å². The molecule has 4 nitrogen and oxygen atoms in total. The van der Waals surface area contributed by atoms with E-state index in [0.717, 1.165) is 31.1 Å². The Balaban J connectivity index is 2.69. The summed E-state index contributed by atoms with van der Waals surface area (Å²) in [6, 6.07) is 0. The van der Waals surface area contributed by atoms with Crippen LogP contribution in [0.2, 0.25) is 5.02 Å². The van der Waals surface area contributed by atoms with Crippen molar-refractivity contribution in [3.63, 3.8) is 0 Å². The molecule has 0 saturated heterocycles. The van der Waals surface area contributed by atoms with E-state index in [0.29, 0.717) is 11.0 Å². The average molecular weight is 275 g/mol. The number of thioether (sulfide) groups is 1. The Morgan fingerprint density at radius 1 is 1.53 bits per heavy atom. The molecule has 0 spiro atoms. The first-order valence-electron chi connectivity index (χ1n) is 5.65. The molecule has 1 N–H and O–H groups in total. The van der Waals surface area contributed by atoms with Crippen molar-refractivity contribution in [2.24, 2.45) is 0 Å². The number of anilines is 2. The maximum atomic E-state index is 6.10. The minimum Gasteiger partial charge on any atom is -0.358 e. The molecule has 1 aromatic rings. The van der Waals surface area contributed by atoms with Crippen molar-refractivity contribution < 1.29 is 0 Å². The highest BCUT2D eigenvalue weighted by atomic mass is 35.5. The van der Waals surface area contributed by atoms with Crippen LogP contribution >= 0.6 is 23.4 Å². The van der Waals surface area contributed by atoms with Gasteiger partial charge in [0.25, 0.3) is 0 Å². The van der Waals surface area contributed by atoms with Gasteiger partial charge in [-0.3, -0.25) is 0 Å². The lowest BCUT2D eigenvalue weighted by atomic mass is 10.4. The predicted octanol–water partition coefficient (Wildman–Crippen LogP) is 2.75. The summed E-state index contributed by atoms with van der Waals surface area (Å²) in [6.07, 6.45) is 4.88. The molecule has 1 rings (SSSR count). The van der Waals surface area contributed by atoms with Crippen LogP contribution in [0.3, 0.4) is 0 Å². The van der Waals surface area contributed by atoms with Crippen molar-refractivity contribution in [2.45, 2.75) is 13.3 Å². The van der Waals surface area contributed by atoms with Crippen LogP contribution in [0.5, 0.6) is 0 Å². The third-order valence-electron chi connectivity index (χ3n) is 2.26. The van der Waals surface area contributed by atoms with Crippen LogP contribution in [0, 0.1) is 0 Å². The van der Waals surface area contributed by atoms with Gasteiger partial charge >= 0.3 is 0 Å². The number of aromatic nitrogens is 2. The molecule has 0 saturated carbocycles. The molecule has 0 unspecified atom stereocenters. The molecule has 0 aliphatic rings. The zero-order valence-corrected chi connectivity index (χ0v) is 12.1. The maximum absolute atomic E-state index is 6.10. The fourth-order valence-corrected chi connectivity index (χ4v) is 2.07. The third kappa shape index (κ3) is 4.60. The number of nitrogens with zero attached hydrogens (tertiary/aromatic N) is 3. The second-order valence-electron chi connectivity index (χ2n) is 3.66. The lowest BCUT2D eigenvalue weighted by molar-refractivity contribution is 0.841. The van der Waals surface area contributed by atoms with E-state index in [1.54, 1.807) is 6.20 Å². The third-order valence-corrected chi connectivity index (χ3v) is 3.23. The van der Waals surface area contributed by atoms with Crippen LogP contribution in [0.15, 0.2) is 6.20 Å². The van der Waals surface area contributed by atoms with E-state index < -0.39 is 0 Å². The van der Waals surface area contributed by atoms with Crippen molar-refractivity contribution in [1.29, 1.82) is 0 Å². The lowest BCUT2D eigenvalue weighted by Crippen LogP contribution is -2.21. The summed E-state index contributed by atoms with van der Waals surface area (Å²) in [5.74, 6) is 2.56. The molecule has 0 atom stereocenters. The summed E-state index contributed by atoms with van der Waals surface area (Å²) in [5.41, 5.74) is 0. The topological polar surface area (TPSA) is 41.1 Å². The van der Waals surface area contributed by atoms with Gasteiger partial charge in [0.2, 0.25) is 5.95 Å². The first-order valence-corrected chi connectivity index (χ1v) is 7.42. The maximum Gasteiger partial charge on any atom is 0.224 e. The molecular weight excluding hydrogens is 256 g/mol. The van der Waals surface area contributed by atoms with E-state index in [1.165, 1.54) is 0 Å². The highest BCUT2D eigenvalue weighted by Gasteiger charge is 2.09. The van der Waals surface area contributed by atoms with Crippen molar-refractivity contribution in [3.8, 4) is 0 Å². The zero-order chi connectivity index (χ0) is 12.7. The molecule has 0 aromatic carbocycles. The number of hydrogen-bond acceptors (Lipinski definition) is 5. The Morgan fingerprint density at radius 3 is 2.94 bits per heavy atom. The second kappa shape index (κ2) is 7.61. The molecule has 6 heteroatoms. The van der Waals surface area contributed by atoms with E-state index in [9.17, 15) is 0 Å². The van der Waals surface area contributed by atoms with Crippen LogP contribution in [-0.2, 0) is 0 Å². The Labute approximate surface area is 112 Å². The Morgan fingerprint density at radius 2 is 2.29 bits per heavy atom. The van der Waals surface area contributed by atoms with Crippen molar-refractivity contribution >= 4 is 35.1 Å². The molecule has 0 bridgehead atoms. The summed E-state index contributed by atoms with van der Waals surface area (Å²) < 4.78 is 0. The number of halogens is 1. The second-order valence-corrected chi connectivity index (χ2v) is 5.06.